The predicted molar refractivity (Wildman–Crippen MR) is 109 cm³/mol. The summed E-state index contributed by atoms with van der Waals surface area (Å²) in [5.41, 5.74) is 3.84. The first-order valence-electron chi connectivity index (χ1n) is 8.79. The highest BCUT2D eigenvalue weighted by Crippen LogP contribution is 2.26. The van der Waals surface area contributed by atoms with Crippen LogP contribution in [0, 0.1) is 6.92 Å². The number of aromatic nitrogens is 1. The summed E-state index contributed by atoms with van der Waals surface area (Å²) in [4.78, 5) is 28.3. The lowest BCUT2D eigenvalue weighted by molar-refractivity contribution is -0.124. The van der Waals surface area contributed by atoms with E-state index in [9.17, 15) is 9.59 Å². The number of pyridine rings is 1. The zero-order chi connectivity index (χ0) is 20.6. The number of hydrogen-bond acceptors (Lipinski definition) is 5. The Morgan fingerprint density at radius 3 is 2.55 bits per heavy atom. The molecule has 2 aromatic carbocycles. The minimum absolute atomic E-state index is 0.347. The number of anilines is 1. The molecule has 7 heteroatoms. The van der Waals surface area contributed by atoms with E-state index in [1.54, 1.807) is 60.8 Å². The number of rotatable bonds is 6. The topological polar surface area (TPSA) is 101 Å². The number of aryl methyl sites for hydroxylation is 1. The first kappa shape index (κ1) is 19.8. The molecule has 0 saturated heterocycles. The molecule has 0 saturated carbocycles. The van der Waals surface area contributed by atoms with Gasteiger partial charge in [0.25, 0.3) is 11.8 Å². The lowest BCUT2D eigenvalue weighted by Crippen LogP contribution is -2.15. The van der Waals surface area contributed by atoms with Crippen LogP contribution in [-0.4, -0.2) is 22.0 Å². The van der Waals surface area contributed by atoms with Gasteiger partial charge in [-0.2, -0.15) is 0 Å². The molecule has 1 heterocycles. The van der Waals surface area contributed by atoms with E-state index in [1.807, 2.05) is 13.0 Å². The predicted octanol–water partition coefficient (Wildman–Crippen LogP) is 3.95. The van der Waals surface area contributed by atoms with Crippen LogP contribution >= 0.6 is 0 Å². The van der Waals surface area contributed by atoms with Crippen LogP contribution in [-0.2, 0) is 4.79 Å². The van der Waals surface area contributed by atoms with Gasteiger partial charge in [-0.25, -0.2) is 5.48 Å². The van der Waals surface area contributed by atoms with Crippen molar-refractivity contribution in [3.8, 4) is 11.5 Å². The van der Waals surface area contributed by atoms with E-state index < -0.39 is 5.91 Å². The third-order valence-corrected chi connectivity index (χ3v) is 3.98. The average molecular weight is 389 g/mol. The average Bonchev–Trinajstić information content (AvgIpc) is 2.74. The van der Waals surface area contributed by atoms with E-state index in [-0.39, 0.29) is 5.91 Å². The quantitative estimate of drug-likeness (QED) is 0.337. The summed E-state index contributed by atoms with van der Waals surface area (Å²) >= 11 is 0. The van der Waals surface area contributed by atoms with Gasteiger partial charge in [-0.1, -0.05) is 30.3 Å². The molecule has 0 fully saturated rings. The van der Waals surface area contributed by atoms with Crippen molar-refractivity contribution in [1.29, 1.82) is 0 Å². The second-order valence-electron chi connectivity index (χ2n) is 6.08. The highest BCUT2D eigenvalue weighted by Gasteiger charge is 2.14. The normalized spacial score (nSPS) is 10.6. The Balaban J connectivity index is 1.83. The fraction of sp³-hybridized carbons (Fsp3) is 0.0455. The van der Waals surface area contributed by atoms with Gasteiger partial charge in [-0.15, -0.1) is 0 Å². The molecule has 29 heavy (non-hydrogen) atoms. The van der Waals surface area contributed by atoms with Crippen LogP contribution in [0.25, 0.3) is 6.08 Å². The zero-order valence-corrected chi connectivity index (χ0v) is 15.6. The summed E-state index contributed by atoms with van der Waals surface area (Å²) in [6.07, 6.45) is 4.24. The maximum absolute atomic E-state index is 12.9. The number of amides is 2. The number of hydrogen-bond donors (Lipinski definition) is 3. The van der Waals surface area contributed by atoms with Crippen LogP contribution in [0.2, 0.25) is 0 Å². The first-order valence-corrected chi connectivity index (χ1v) is 8.79. The van der Waals surface area contributed by atoms with Gasteiger partial charge in [0.2, 0.25) is 0 Å². The van der Waals surface area contributed by atoms with E-state index in [4.69, 9.17) is 9.94 Å². The molecule has 0 radical (unpaired) electrons. The highest BCUT2D eigenvalue weighted by atomic mass is 16.5. The molecule has 3 N–H and O–H groups in total. The number of ether oxygens (including phenoxy) is 1. The van der Waals surface area contributed by atoms with Crippen LogP contribution in [0.15, 0.2) is 72.9 Å². The number of benzene rings is 2. The van der Waals surface area contributed by atoms with Crippen molar-refractivity contribution in [1.82, 2.24) is 10.5 Å². The lowest BCUT2D eigenvalue weighted by atomic mass is 10.1. The molecule has 0 aliphatic rings. The molecule has 3 aromatic rings. The summed E-state index contributed by atoms with van der Waals surface area (Å²) in [6, 6.07) is 17.5. The van der Waals surface area contributed by atoms with Gasteiger partial charge < -0.3 is 10.1 Å². The van der Waals surface area contributed by atoms with Crippen molar-refractivity contribution in [2.45, 2.75) is 6.92 Å². The number of para-hydroxylation sites is 2. The Hall–Kier alpha value is -3.97. The standard InChI is InChI=1S/C22H19N3O4/c1-15-10-12-17(14-23-15)29-20-9-5-3-7-18(20)22(27)24-19-8-4-2-6-16(19)11-13-21(26)25-28/h2-14,28H,1H3,(H,24,27)(H,25,26)/b13-11+. The van der Waals surface area contributed by atoms with E-state index in [0.29, 0.717) is 28.3 Å². The Morgan fingerprint density at radius 2 is 1.79 bits per heavy atom. The monoisotopic (exact) mass is 389 g/mol. The first-order chi connectivity index (χ1) is 14.1. The maximum atomic E-state index is 12.9. The molecule has 0 aliphatic heterocycles. The number of hydroxylamine groups is 1. The second kappa shape index (κ2) is 9.29. The van der Waals surface area contributed by atoms with E-state index in [2.05, 4.69) is 10.3 Å². The van der Waals surface area contributed by atoms with Crippen molar-refractivity contribution in [3.63, 3.8) is 0 Å². The van der Waals surface area contributed by atoms with Gasteiger partial charge in [0.05, 0.1) is 11.8 Å². The van der Waals surface area contributed by atoms with Crippen molar-refractivity contribution in [2.24, 2.45) is 0 Å². The molecule has 0 unspecified atom stereocenters. The van der Waals surface area contributed by atoms with Gasteiger partial charge in [0, 0.05) is 17.5 Å². The van der Waals surface area contributed by atoms with E-state index in [1.165, 1.54) is 11.6 Å². The van der Waals surface area contributed by atoms with Crippen LogP contribution in [0.3, 0.4) is 0 Å². The largest absolute Gasteiger partial charge is 0.455 e. The van der Waals surface area contributed by atoms with Gasteiger partial charge >= 0.3 is 0 Å². The fourth-order valence-corrected chi connectivity index (χ4v) is 2.53. The van der Waals surface area contributed by atoms with Crippen molar-refractivity contribution in [2.75, 3.05) is 5.32 Å². The summed E-state index contributed by atoms with van der Waals surface area (Å²) in [6.45, 7) is 1.88. The Bertz CT molecular complexity index is 1050. The van der Waals surface area contributed by atoms with Gasteiger partial charge in [-0.3, -0.25) is 19.8 Å². The molecule has 0 spiro atoms. The molecule has 0 bridgehead atoms. The Labute approximate surface area is 167 Å². The van der Waals surface area contributed by atoms with E-state index in [0.717, 1.165) is 11.8 Å². The maximum Gasteiger partial charge on any atom is 0.267 e. The van der Waals surface area contributed by atoms with Crippen LogP contribution in [0.5, 0.6) is 11.5 Å². The number of carbonyl (C=O) groups is 2. The van der Waals surface area contributed by atoms with Crippen LogP contribution in [0.4, 0.5) is 5.69 Å². The van der Waals surface area contributed by atoms with E-state index >= 15 is 0 Å². The SMILES string of the molecule is Cc1ccc(Oc2ccccc2C(=O)Nc2ccccc2/C=C/C(=O)NO)cn1. The third-order valence-electron chi connectivity index (χ3n) is 3.98. The third kappa shape index (κ3) is 5.27. The Kier molecular flexibility index (Phi) is 6.34. The van der Waals surface area contributed by atoms with Crippen molar-refractivity contribution in [3.05, 3.63) is 89.8 Å². The molecular formula is C22H19N3O4. The zero-order valence-electron chi connectivity index (χ0n) is 15.6. The summed E-state index contributed by atoms with van der Waals surface area (Å²) in [7, 11) is 0. The minimum Gasteiger partial charge on any atom is -0.455 e. The van der Waals surface area contributed by atoms with Gasteiger partial charge in [-0.05, 0) is 48.9 Å². The Morgan fingerprint density at radius 1 is 1.03 bits per heavy atom. The van der Waals surface area contributed by atoms with Crippen LogP contribution < -0.4 is 15.5 Å². The molecule has 2 amide bonds. The molecule has 7 nitrogen and oxygen atoms in total. The lowest BCUT2D eigenvalue weighted by Gasteiger charge is -2.12. The van der Waals surface area contributed by atoms with Gasteiger partial charge in [0.15, 0.2) is 0 Å². The molecule has 3 rings (SSSR count). The number of nitrogens with zero attached hydrogens (tertiary/aromatic N) is 1. The van der Waals surface area contributed by atoms with Gasteiger partial charge in [0.1, 0.15) is 11.5 Å². The molecule has 146 valence electrons. The van der Waals surface area contributed by atoms with Crippen LogP contribution in [0.1, 0.15) is 21.6 Å². The minimum atomic E-state index is -0.670. The second-order valence-corrected chi connectivity index (χ2v) is 6.08. The van der Waals surface area contributed by atoms with Crippen molar-refractivity contribution < 1.29 is 19.5 Å². The summed E-state index contributed by atoms with van der Waals surface area (Å²) in [5.74, 6) is -0.123. The smallest absolute Gasteiger partial charge is 0.267 e. The van der Waals surface area contributed by atoms with Crippen molar-refractivity contribution >= 4 is 23.6 Å². The summed E-state index contributed by atoms with van der Waals surface area (Å²) < 4.78 is 5.83. The summed E-state index contributed by atoms with van der Waals surface area (Å²) in [5, 5.41) is 11.4. The number of nitrogens with one attached hydrogen (secondary N) is 2. The molecule has 1 aromatic heterocycles. The highest BCUT2D eigenvalue weighted by molar-refractivity contribution is 6.07. The molecular weight excluding hydrogens is 370 g/mol. The fourth-order valence-electron chi connectivity index (χ4n) is 2.53. The molecule has 0 atom stereocenters. The number of carbonyl (C=O) groups excluding carboxylic acids is 2. The molecule has 0 aliphatic carbocycles.